The average Bonchev–Trinajstić information content (AvgIpc) is 2.83. The lowest BCUT2D eigenvalue weighted by Crippen LogP contribution is -2.42. The number of rotatable bonds is 4. The van der Waals surface area contributed by atoms with Gasteiger partial charge in [0.25, 0.3) is 5.91 Å². The van der Waals surface area contributed by atoms with Gasteiger partial charge in [0.1, 0.15) is 0 Å². The third-order valence-corrected chi connectivity index (χ3v) is 5.96. The molecule has 2 heterocycles. The van der Waals surface area contributed by atoms with Crippen LogP contribution in [0.2, 0.25) is 0 Å². The number of amides is 1. The van der Waals surface area contributed by atoms with Crippen molar-refractivity contribution in [3.05, 3.63) is 93.4 Å². The highest BCUT2D eigenvalue weighted by atomic mass is 19.4. The molecular formula is C25H22F3N3O3. The van der Waals surface area contributed by atoms with Crippen LogP contribution in [0.25, 0.3) is 5.69 Å². The third kappa shape index (κ3) is 4.64. The molecule has 0 atom stereocenters. The lowest BCUT2D eigenvalue weighted by molar-refractivity contribution is -0.137. The Hall–Kier alpha value is -3.75. The molecule has 0 N–H and O–H groups in total. The molecule has 1 aromatic heterocycles. The second kappa shape index (κ2) is 9.24. The van der Waals surface area contributed by atoms with Crippen LogP contribution in [0.15, 0.2) is 65.5 Å². The molecular weight excluding hydrogens is 447 g/mol. The van der Waals surface area contributed by atoms with Gasteiger partial charge < -0.3 is 4.90 Å². The van der Waals surface area contributed by atoms with Gasteiger partial charge in [-0.2, -0.15) is 18.3 Å². The molecule has 0 spiro atoms. The van der Waals surface area contributed by atoms with Crippen LogP contribution >= 0.6 is 0 Å². The summed E-state index contributed by atoms with van der Waals surface area (Å²) in [5, 5.41) is 4.04. The summed E-state index contributed by atoms with van der Waals surface area (Å²) in [7, 11) is 0. The maximum Gasteiger partial charge on any atom is 0.418 e. The van der Waals surface area contributed by atoms with Crippen molar-refractivity contribution in [1.82, 2.24) is 14.7 Å². The van der Waals surface area contributed by atoms with Gasteiger partial charge in [0, 0.05) is 36.3 Å². The first-order valence-electron chi connectivity index (χ1n) is 10.8. The quantitative estimate of drug-likeness (QED) is 0.535. The summed E-state index contributed by atoms with van der Waals surface area (Å²) >= 11 is 0. The van der Waals surface area contributed by atoms with Gasteiger partial charge in [-0.15, -0.1) is 0 Å². The van der Waals surface area contributed by atoms with Crippen molar-refractivity contribution in [3.8, 4) is 5.69 Å². The fourth-order valence-electron chi connectivity index (χ4n) is 4.17. The summed E-state index contributed by atoms with van der Waals surface area (Å²) in [5.41, 5.74) is -1.52. The number of nitrogens with zero attached hydrogens (tertiary/aromatic N) is 3. The minimum Gasteiger partial charge on any atom is -0.337 e. The van der Waals surface area contributed by atoms with Gasteiger partial charge in [-0.3, -0.25) is 14.4 Å². The molecule has 1 saturated heterocycles. The lowest BCUT2D eigenvalue weighted by Gasteiger charge is -2.31. The van der Waals surface area contributed by atoms with Gasteiger partial charge in [-0.1, -0.05) is 42.5 Å². The number of carbonyl (C=O) groups excluding carboxylic acids is 2. The fourth-order valence-corrected chi connectivity index (χ4v) is 4.17. The van der Waals surface area contributed by atoms with Crippen molar-refractivity contribution in [3.63, 3.8) is 0 Å². The van der Waals surface area contributed by atoms with Crippen LogP contribution in [-0.4, -0.2) is 39.5 Å². The third-order valence-electron chi connectivity index (χ3n) is 5.96. The van der Waals surface area contributed by atoms with Gasteiger partial charge in [-0.05, 0) is 31.9 Å². The van der Waals surface area contributed by atoms with E-state index in [4.69, 9.17) is 0 Å². The molecule has 0 bridgehead atoms. The van der Waals surface area contributed by atoms with Crippen molar-refractivity contribution < 1.29 is 22.8 Å². The summed E-state index contributed by atoms with van der Waals surface area (Å²) in [6.45, 7) is 1.95. The zero-order valence-corrected chi connectivity index (χ0v) is 18.4. The van der Waals surface area contributed by atoms with Crippen LogP contribution in [0.3, 0.4) is 0 Å². The van der Waals surface area contributed by atoms with Crippen molar-refractivity contribution >= 4 is 11.7 Å². The van der Waals surface area contributed by atoms with Crippen molar-refractivity contribution in [2.45, 2.75) is 25.9 Å². The molecule has 0 radical (unpaired) electrons. The minimum absolute atomic E-state index is 0.00673. The Morgan fingerprint density at radius 2 is 1.59 bits per heavy atom. The van der Waals surface area contributed by atoms with E-state index in [1.165, 1.54) is 30.0 Å². The number of halogens is 3. The average molecular weight is 469 g/mol. The number of alkyl halides is 3. The Morgan fingerprint density at radius 1 is 0.971 bits per heavy atom. The first kappa shape index (κ1) is 23.4. The molecule has 4 rings (SSSR count). The van der Waals surface area contributed by atoms with Crippen LogP contribution in [0, 0.1) is 12.8 Å². The zero-order chi connectivity index (χ0) is 24.5. The molecule has 2 aromatic carbocycles. The predicted octanol–water partition coefficient (Wildman–Crippen LogP) is 4.29. The van der Waals surface area contributed by atoms with E-state index in [0.717, 1.165) is 16.8 Å². The highest BCUT2D eigenvalue weighted by Gasteiger charge is 2.35. The Balaban J connectivity index is 1.58. The number of hydrogen-bond donors (Lipinski definition) is 0. The number of aryl methyl sites for hydroxylation is 1. The van der Waals surface area contributed by atoms with Crippen molar-refractivity contribution in [1.29, 1.82) is 0 Å². The number of likely N-dealkylation sites (tertiary alicyclic amines) is 1. The Morgan fingerprint density at radius 3 is 2.24 bits per heavy atom. The SMILES string of the molecule is Cc1cc(=O)c(C(=O)N2CCC(C(=O)c3ccccc3)CC2)nn1-c1ccccc1C(F)(F)F. The number of benzene rings is 2. The largest absolute Gasteiger partial charge is 0.418 e. The monoisotopic (exact) mass is 469 g/mol. The smallest absolute Gasteiger partial charge is 0.337 e. The molecule has 34 heavy (non-hydrogen) atoms. The number of ketones is 1. The molecule has 1 aliphatic heterocycles. The molecule has 0 aliphatic carbocycles. The molecule has 9 heteroatoms. The second-order valence-electron chi connectivity index (χ2n) is 8.22. The molecule has 1 aliphatic rings. The van der Waals surface area contributed by atoms with Crippen LogP contribution in [-0.2, 0) is 6.18 Å². The summed E-state index contributed by atoms with van der Waals surface area (Å²) in [4.78, 5) is 39.7. The summed E-state index contributed by atoms with van der Waals surface area (Å²) < 4.78 is 41.5. The van der Waals surface area contributed by atoms with Gasteiger partial charge in [-0.25, -0.2) is 4.68 Å². The zero-order valence-electron chi connectivity index (χ0n) is 18.4. The maximum absolute atomic E-state index is 13.5. The lowest BCUT2D eigenvalue weighted by atomic mass is 9.89. The summed E-state index contributed by atoms with van der Waals surface area (Å²) in [6.07, 6.45) is -3.78. The van der Waals surface area contributed by atoms with E-state index in [9.17, 15) is 27.6 Å². The number of aromatic nitrogens is 2. The van der Waals surface area contributed by atoms with E-state index in [0.29, 0.717) is 18.4 Å². The molecule has 6 nitrogen and oxygen atoms in total. The van der Waals surface area contributed by atoms with E-state index in [1.807, 2.05) is 6.07 Å². The molecule has 176 valence electrons. The highest BCUT2D eigenvalue weighted by Crippen LogP contribution is 2.33. The van der Waals surface area contributed by atoms with E-state index < -0.39 is 28.8 Å². The molecule has 1 amide bonds. The Kier molecular flexibility index (Phi) is 6.37. The molecule has 3 aromatic rings. The van der Waals surface area contributed by atoms with E-state index in [2.05, 4.69) is 5.10 Å². The maximum atomic E-state index is 13.5. The van der Waals surface area contributed by atoms with E-state index in [-0.39, 0.29) is 36.2 Å². The van der Waals surface area contributed by atoms with Crippen molar-refractivity contribution in [2.75, 3.05) is 13.1 Å². The van der Waals surface area contributed by atoms with E-state index in [1.54, 1.807) is 24.3 Å². The molecule has 0 unspecified atom stereocenters. The van der Waals surface area contributed by atoms with Gasteiger partial charge in [0.15, 0.2) is 11.5 Å². The number of hydrogen-bond acceptors (Lipinski definition) is 4. The second-order valence-corrected chi connectivity index (χ2v) is 8.22. The summed E-state index contributed by atoms with van der Waals surface area (Å²) in [5.74, 6) is -0.895. The van der Waals surface area contributed by atoms with Crippen LogP contribution in [0.1, 0.15) is 44.9 Å². The first-order valence-corrected chi connectivity index (χ1v) is 10.8. The number of Topliss-reactive ketones (excluding diaryl/α,β-unsaturated/α-hetero) is 1. The minimum atomic E-state index is -4.63. The standard InChI is InChI=1S/C25H22F3N3O3/c1-16-15-21(32)22(29-31(16)20-10-6-5-9-19(20)25(26,27)28)24(34)30-13-11-18(12-14-30)23(33)17-7-3-2-4-8-17/h2-10,15,18H,11-14H2,1H3. The van der Waals surface area contributed by atoms with Crippen LogP contribution in [0.5, 0.6) is 0 Å². The topological polar surface area (TPSA) is 72.3 Å². The fraction of sp³-hybridized carbons (Fsp3) is 0.280. The predicted molar refractivity (Wildman–Crippen MR) is 119 cm³/mol. The van der Waals surface area contributed by atoms with Gasteiger partial charge in [0.05, 0.1) is 11.3 Å². The first-order chi connectivity index (χ1) is 16.2. The van der Waals surface area contributed by atoms with Crippen LogP contribution in [0.4, 0.5) is 13.2 Å². The number of para-hydroxylation sites is 1. The number of piperidine rings is 1. The Bertz CT molecular complexity index is 1280. The number of carbonyl (C=O) groups is 2. The molecule has 1 fully saturated rings. The highest BCUT2D eigenvalue weighted by molar-refractivity contribution is 5.98. The van der Waals surface area contributed by atoms with Crippen molar-refractivity contribution in [2.24, 2.45) is 5.92 Å². The van der Waals surface area contributed by atoms with E-state index >= 15 is 0 Å². The molecule has 0 saturated carbocycles. The normalized spacial score (nSPS) is 14.8. The van der Waals surface area contributed by atoms with Gasteiger partial charge >= 0.3 is 6.18 Å². The Labute approximate surface area is 193 Å². The summed E-state index contributed by atoms with van der Waals surface area (Å²) in [6, 6.07) is 14.9. The van der Waals surface area contributed by atoms with Gasteiger partial charge in [0.2, 0.25) is 5.43 Å². The van der Waals surface area contributed by atoms with Crippen LogP contribution < -0.4 is 5.43 Å².